The molecule has 3 rings (SSSR count). The monoisotopic (exact) mass is 428 g/mol. The molecule has 0 aromatic heterocycles. The Morgan fingerprint density at radius 3 is 2.45 bits per heavy atom. The van der Waals surface area contributed by atoms with E-state index in [0.29, 0.717) is 11.0 Å². The molecule has 0 spiro atoms. The van der Waals surface area contributed by atoms with Crippen molar-refractivity contribution in [3.63, 3.8) is 0 Å². The number of carbonyl (C=O) groups is 2. The van der Waals surface area contributed by atoms with E-state index in [4.69, 9.17) is 0 Å². The van der Waals surface area contributed by atoms with Gasteiger partial charge in [-0.3, -0.25) is 9.59 Å². The second-order valence-corrected chi connectivity index (χ2v) is 10.3. The molecule has 2 aromatic rings. The largest absolute Gasteiger partial charge is 0.341 e. The lowest BCUT2D eigenvalue weighted by molar-refractivity contribution is -0.127. The number of thioether (sulfide) groups is 2. The Morgan fingerprint density at radius 2 is 1.76 bits per heavy atom. The predicted molar refractivity (Wildman–Crippen MR) is 124 cm³/mol. The molecular weight excluding hydrogens is 400 g/mol. The highest BCUT2D eigenvalue weighted by Crippen LogP contribution is 2.44. The van der Waals surface area contributed by atoms with Crippen molar-refractivity contribution in [3.8, 4) is 0 Å². The van der Waals surface area contributed by atoms with Gasteiger partial charge >= 0.3 is 0 Å². The normalized spacial score (nSPS) is 15.7. The van der Waals surface area contributed by atoms with Crippen LogP contribution >= 0.6 is 23.5 Å². The Hall–Kier alpha value is -1.92. The molecule has 154 valence electrons. The summed E-state index contributed by atoms with van der Waals surface area (Å²) in [5, 5.41) is 5.91. The number of hydrogen-bond acceptors (Lipinski definition) is 4. The summed E-state index contributed by atoms with van der Waals surface area (Å²) < 4.78 is 0.413. The Bertz CT molecular complexity index is 821. The quantitative estimate of drug-likeness (QED) is 0.620. The van der Waals surface area contributed by atoms with Crippen LogP contribution in [0.4, 0.5) is 5.69 Å². The molecule has 29 heavy (non-hydrogen) atoms. The van der Waals surface area contributed by atoms with Gasteiger partial charge in [-0.25, -0.2) is 0 Å². The summed E-state index contributed by atoms with van der Waals surface area (Å²) in [6.07, 6.45) is 1.64. The molecule has 1 unspecified atom stereocenters. The molecule has 2 aromatic carbocycles. The van der Waals surface area contributed by atoms with E-state index in [0.717, 1.165) is 11.3 Å². The maximum atomic E-state index is 13.1. The zero-order valence-corrected chi connectivity index (χ0v) is 18.5. The number of rotatable bonds is 7. The number of benzene rings is 2. The third kappa shape index (κ3) is 6.54. The fourth-order valence-electron chi connectivity index (χ4n) is 3.19. The van der Waals surface area contributed by atoms with Gasteiger partial charge in [0.2, 0.25) is 5.91 Å². The SMILES string of the molecule is CC(C)CC(=O)NC(C(=O)Nc1cccc(C2SCCCS2)c1)c1ccccc1. The van der Waals surface area contributed by atoms with Crippen LogP contribution in [0.25, 0.3) is 0 Å². The Kier molecular flexibility index (Phi) is 8.07. The predicted octanol–water partition coefficient (Wildman–Crippen LogP) is 5.40. The van der Waals surface area contributed by atoms with Crippen LogP contribution in [0.1, 0.15) is 48.4 Å². The fourth-order valence-corrected chi connectivity index (χ4v) is 6.07. The Balaban J connectivity index is 1.75. The molecule has 4 nitrogen and oxygen atoms in total. The summed E-state index contributed by atoms with van der Waals surface area (Å²) in [4.78, 5) is 25.4. The zero-order valence-electron chi connectivity index (χ0n) is 16.9. The number of hydrogen-bond donors (Lipinski definition) is 2. The van der Waals surface area contributed by atoms with Crippen molar-refractivity contribution >= 4 is 41.0 Å². The van der Waals surface area contributed by atoms with Gasteiger partial charge in [-0.05, 0) is 47.1 Å². The van der Waals surface area contributed by atoms with E-state index < -0.39 is 6.04 Å². The first-order valence-electron chi connectivity index (χ1n) is 10.0. The molecule has 6 heteroatoms. The molecule has 2 amide bonds. The van der Waals surface area contributed by atoms with Gasteiger partial charge in [0, 0.05) is 12.1 Å². The van der Waals surface area contributed by atoms with Crippen LogP contribution in [0.5, 0.6) is 0 Å². The smallest absolute Gasteiger partial charge is 0.251 e. The van der Waals surface area contributed by atoms with Crippen molar-refractivity contribution in [2.24, 2.45) is 5.92 Å². The van der Waals surface area contributed by atoms with Crippen molar-refractivity contribution in [1.29, 1.82) is 0 Å². The van der Waals surface area contributed by atoms with Gasteiger partial charge in [0.25, 0.3) is 5.91 Å². The van der Waals surface area contributed by atoms with Gasteiger partial charge < -0.3 is 10.6 Å². The summed E-state index contributed by atoms with van der Waals surface area (Å²) in [7, 11) is 0. The molecule has 0 bridgehead atoms. The first-order valence-corrected chi connectivity index (χ1v) is 12.1. The summed E-state index contributed by atoms with van der Waals surface area (Å²) in [6, 6.07) is 16.7. The van der Waals surface area contributed by atoms with Gasteiger partial charge in [0.1, 0.15) is 6.04 Å². The molecule has 0 radical (unpaired) electrons. The van der Waals surface area contributed by atoms with Crippen molar-refractivity contribution < 1.29 is 9.59 Å². The first kappa shape index (κ1) is 21.8. The van der Waals surface area contributed by atoms with E-state index >= 15 is 0 Å². The Labute approximate surface area is 181 Å². The van der Waals surface area contributed by atoms with Crippen molar-refractivity contribution in [3.05, 3.63) is 65.7 Å². The minimum atomic E-state index is -0.718. The van der Waals surface area contributed by atoms with E-state index in [9.17, 15) is 9.59 Å². The molecule has 1 aliphatic heterocycles. The first-order chi connectivity index (χ1) is 14.0. The van der Waals surface area contributed by atoms with Crippen LogP contribution in [0.15, 0.2) is 54.6 Å². The maximum absolute atomic E-state index is 13.1. The highest BCUT2D eigenvalue weighted by atomic mass is 32.2. The van der Waals surface area contributed by atoms with Crippen LogP contribution < -0.4 is 10.6 Å². The number of nitrogens with one attached hydrogen (secondary N) is 2. The molecule has 2 N–H and O–H groups in total. The van der Waals surface area contributed by atoms with E-state index in [-0.39, 0.29) is 17.7 Å². The topological polar surface area (TPSA) is 58.2 Å². The molecule has 1 atom stereocenters. The molecule has 1 heterocycles. The third-order valence-electron chi connectivity index (χ3n) is 4.55. The lowest BCUT2D eigenvalue weighted by atomic mass is 10.0. The van der Waals surface area contributed by atoms with Crippen molar-refractivity contribution in [2.75, 3.05) is 16.8 Å². The van der Waals surface area contributed by atoms with Crippen LogP contribution in [-0.4, -0.2) is 23.3 Å². The van der Waals surface area contributed by atoms with E-state index in [1.807, 2.05) is 85.9 Å². The lowest BCUT2D eigenvalue weighted by Gasteiger charge is -2.22. The van der Waals surface area contributed by atoms with Crippen LogP contribution in [-0.2, 0) is 9.59 Å². The highest BCUT2D eigenvalue weighted by molar-refractivity contribution is 8.16. The van der Waals surface area contributed by atoms with Crippen molar-refractivity contribution in [2.45, 2.75) is 37.3 Å². The minimum absolute atomic E-state index is 0.118. The maximum Gasteiger partial charge on any atom is 0.251 e. The minimum Gasteiger partial charge on any atom is -0.341 e. The molecule has 1 aliphatic rings. The third-order valence-corrected chi connectivity index (χ3v) is 7.56. The molecular formula is C23H28N2O2S2. The molecule has 1 fully saturated rings. The summed E-state index contributed by atoms with van der Waals surface area (Å²) in [5.41, 5.74) is 2.76. The lowest BCUT2D eigenvalue weighted by Crippen LogP contribution is -2.37. The van der Waals surface area contributed by atoms with E-state index in [1.54, 1.807) is 0 Å². The van der Waals surface area contributed by atoms with Crippen LogP contribution in [0.2, 0.25) is 0 Å². The van der Waals surface area contributed by atoms with E-state index in [2.05, 4.69) is 16.7 Å². The molecule has 1 saturated heterocycles. The van der Waals surface area contributed by atoms with Crippen molar-refractivity contribution in [1.82, 2.24) is 5.32 Å². The second kappa shape index (κ2) is 10.7. The Morgan fingerprint density at radius 1 is 1.03 bits per heavy atom. The van der Waals surface area contributed by atoms with Gasteiger partial charge in [-0.2, -0.15) is 0 Å². The highest BCUT2D eigenvalue weighted by Gasteiger charge is 2.24. The number of anilines is 1. The van der Waals surface area contributed by atoms with Gasteiger partial charge in [0.05, 0.1) is 4.58 Å². The van der Waals surface area contributed by atoms with Gasteiger partial charge in [-0.1, -0.05) is 56.3 Å². The van der Waals surface area contributed by atoms with Crippen LogP contribution in [0, 0.1) is 5.92 Å². The average molecular weight is 429 g/mol. The second-order valence-electron chi connectivity index (χ2n) is 7.55. The van der Waals surface area contributed by atoms with Crippen LogP contribution in [0.3, 0.4) is 0 Å². The number of carbonyl (C=O) groups excluding carboxylic acids is 2. The molecule has 0 saturated carbocycles. The fraction of sp³-hybridized carbons (Fsp3) is 0.391. The summed E-state index contributed by atoms with van der Waals surface area (Å²) in [6.45, 7) is 3.98. The average Bonchev–Trinajstić information content (AvgIpc) is 2.73. The van der Waals surface area contributed by atoms with E-state index in [1.165, 1.54) is 23.5 Å². The van der Waals surface area contributed by atoms with Gasteiger partial charge in [0.15, 0.2) is 0 Å². The number of amides is 2. The standard InChI is InChI=1S/C23H28N2O2S2/c1-16(2)14-20(26)25-21(17-8-4-3-5-9-17)22(27)24-19-11-6-10-18(15-19)23-28-12-7-13-29-23/h3-6,8-11,15-16,21,23H,7,12-14H2,1-2H3,(H,24,27)(H,25,26). The summed E-state index contributed by atoms with van der Waals surface area (Å²) >= 11 is 3.91. The summed E-state index contributed by atoms with van der Waals surface area (Å²) in [5.74, 6) is 2.23. The molecule has 0 aliphatic carbocycles. The zero-order chi connectivity index (χ0) is 20.6. The van der Waals surface area contributed by atoms with Gasteiger partial charge in [-0.15, -0.1) is 23.5 Å².